The number of alkyl halides is 1. The Morgan fingerprint density at radius 3 is 1.85 bits per heavy atom. The van der Waals surface area contributed by atoms with Gasteiger partial charge < -0.3 is 9.69 Å². The van der Waals surface area contributed by atoms with Gasteiger partial charge in [-0.2, -0.15) is 0 Å². The molecule has 3 nitrogen and oxygen atoms in total. The predicted octanol–water partition coefficient (Wildman–Crippen LogP) is 8.49. The molecule has 1 aromatic heterocycles. The Bertz CT molecular complexity index is 1090. The molecule has 0 N–H and O–H groups in total. The van der Waals surface area contributed by atoms with Crippen LogP contribution in [0.1, 0.15) is 36.5 Å². The van der Waals surface area contributed by atoms with Crippen molar-refractivity contribution >= 4 is 51.4 Å². The molecule has 176 valence electrons. The maximum absolute atomic E-state index is 13.0. The number of benzene rings is 3. The van der Waals surface area contributed by atoms with Crippen molar-refractivity contribution in [2.24, 2.45) is 0 Å². The largest absolute Gasteiger partial charge is 0.311 e. The van der Waals surface area contributed by atoms with E-state index in [1.54, 1.807) is 16.2 Å². The molecule has 0 aliphatic heterocycles. The van der Waals surface area contributed by atoms with Crippen molar-refractivity contribution in [3.05, 3.63) is 89.3 Å². The summed E-state index contributed by atoms with van der Waals surface area (Å²) < 4.78 is 1.15. The Morgan fingerprint density at radius 2 is 1.30 bits per heavy atom. The van der Waals surface area contributed by atoms with Crippen LogP contribution in [0.15, 0.2) is 78.9 Å². The molecule has 1 amide bonds. The van der Waals surface area contributed by atoms with Gasteiger partial charge in [0.2, 0.25) is 0 Å². The average Bonchev–Trinajstić information content (AvgIpc) is 3.24. The van der Waals surface area contributed by atoms with Gasteiger partial charge in [-0.1, -0.05) is 81.9 Å². The molecule has 4 rings (SSSR count). The minimum absolute atomic E-state index is 0. The van der Waals surface area contributed by atoms with E-state index in [1.807, 2.05) is 77.1 Å². The quantitative estimate of drug-likeness (QED) is 0.274. The number of amides is 1. The van der Waals surface area contributed by atoms with Crippen molar-refractivity contribution < 1.29 is 9.59 Å². The summed E-state index contributed by atoms with van der Waals surface area (Å²) in [6.45, 7) is 8.03. The van der Waals surface area contributed by atoms with Crippen LogP contribution >= 0.6 is 22.9 Å². The van der Waals surface area contributed by atoms with E-state index in [4.69, 9.17) is 4.79 Å². The molecule has 1 heterocycles. The van der Waals surface area contributed by atoms with Gasteiger partial charge in [-0.25, -0.2) is 0 Å². The number of nitrogens with zero attached hydrogens (tertiary/aromatic N) is 1. The number of hydrogen-bond acceptors (Lipinski definition) is 3. The fourth-order valence-corrected chi connectivity index (χ4v) is 4.34. The van der Waals surface area contributed by atoms with Crippen LogP contribution in [0.5, 0.6) is 0 Å². The maximum Gasteiger partial charge on any atom is 0.268 e. The molecule has 3 aromatic carbocycles. The van der Waals surface area contributed by atoms with Crippen LogP contribution in [-0.4, -0.2) is 26.1 Å². The highest BCUT2D eigenvalue weighted by molar-refractivity contribution is 7.21. The maximum atomic E-state index is 13.0. The number of thiophene rings is 1. The summed E-state index contributed by atoms with van der Waals surface area (Å²) in [5.74, 6) is 0.0381. The number of carbonyl (C=O) groups is 2. The Balaban J connectivity index is 0.00000136. The lowest BCUT2D eigenvalue weighted by molar-refractivity contribution is -0.0980. The minimum atomic E-state index is 0. The lowest BCUT2D eigenvalue weighted by Gasteiger charge is -2.17. The van der Waals surface area contributed by atoms with Gasteiger partial charge in [0.15, 0.2) is 0 Å². The molecule has 4 aromatic rings. The number of rotatable bonds is 3. The summed E-state index contributed by atoms with van der Waals surface area (Å²) in [6.07, 6.45) is 1.47. The molecular weight excluding hydrogens is 450 g/mol. The number of fused-ring (bicyclic) bond motifs is 1. The normalized spacial score (nSPS) is 9.03. The first-order valence-corrected chi connectivity index (χ1v) is 11.8. The van der Waals surface area contributed by atoms with Gasteiger partial charge in [-0.05, 0) is 47.2 Å². The van der Waals surface area contributed by atoms with Crippen LogP contribution in [0.4, 0.5) is 5.69 Å². The first-order chi connectivity index (χ1) is 15.6. The summed E-state index contributed by atoms with van der Waals surface area (Å²) in [7, 11) is 1.84. The van der Waals surface area contributed by atoms with Crippen molar-refractivity contribution in [1.29, 1.82) is 0 Å². The van der Waals surface area contributed by atoms with Crippen molar-refractivity contribution in [1.82, 2.24) is 0 Å². The third kappa shape index (κ3) is 7.28. The standard InChI is InChI=1S/C23H19NOS.C2H6.CH3Cl.CH2O.CH4/c1-16-20-10-6-7-11-21(20)26-22(16)23(25)24(2)19-14-12-18(13-15-19)17-8-4-3-5-9-17;3*1-2;/h3-15H,1-2H3;1-2H3;1H3;1H2;1H4. The monoisotopic (exact) mass is 483 g/mol. The summed E-state index contributed by atoms with van der Waals surface area (Å²) in [4.78, 5) is 23.6. The van der Waals surface area contributed by atoms with E-state index in [9.17, 15) is 4.79 Å². The van der Waals surface area contributed by atoms with Gasteiger partial charge in [-0.3, -0.25) is 4.79 Å². The van der Waals surface area contributed by atoms with E-state index in [1.165, 1.54) is 11.9 Å². The molecule has 0 spiro atoms. The summed E-state index contributed by atoms with van der Waals surface area (Å²) >= 11 is 6.20. The number of halogens is 1. The van der Waals surface area contributed by atoms with Gasteiger partial charge in [-0.15, -0.1) is 22.9 Å². The molecule has 0 fully saturated rings. The van der Waals surface area contributed by atoms with Gasteiger partial charge in [0, 0.05) is 23.8 Å². The zero-order chi connectivity index (χ0) is 24.1. The molecule has 0 saturated heterocycles. The van der Waals surface area contributed by atoms with E-state index in [0.717, 1.165) is 31.8 Å². The molecule has 33 heavy (non-hydrogen) atoms. The number of anilines is 1. The zero-order valence-corrected chi connectivity index (χ0v) is 20.8. The van der Waals surface area contributed by atoms with Crippen LogP contribution in [0.25, 0.3) is 21.2 Å². The Kier molecular flexibility index (Phi) is 14.4. The highest BCUT2D eigenvalue weighted by atomic mass is 35.5. The van der Waals surface area contributed by atoms with Crippen molar-refractivity contribution in [3.8, 4) is 11.1 Å². The van der Waals surface area contributed by atoms with Crippen LogP contribution < -0.4 is 4.90 Å². The Morgan fingerprint density at radius 1 is 0.818 bits per heavy atom. The van der Waals surface area contributed by atoms with E-state index < -0.39 is 0 Å². The molecule has 0 unspecified atom stereocenters. The van der Waals surface area contributed by atoms with Crippen molar-refractivity contribution in [2.45, 2.75) is 28.2 Å². The van der Waals surface area contributed by atoms with Crippen LogP contribution in [-0.2, 0) is 4.79 Å². The van der Waals surface area contributed by atoms with E-state index >= 15 is 0 Å². The number of aryl methyl sites for hydroxylation is 1. The summed E-state index contributed by atoms with van der Waals surface area (Å²) in [5.41, 5.74) is 4.27. The number of hydrogen-bond donors (Lipinski definition) is 0. The van der Waals surface area contributed by atoms with Crippen LogP contribution in [0, 0.1) is 6.92 Å². The molecule has 0 radical (unpaired) electrons. The molecule has 0 aliphatic carbocycles. The highest BCUT2D eigenvalue weighted by Crippen LogP contribution is 2.32. The van der Waals surface area contributed by atoms with E-state index in [-0.39, 0.29) is 13.3 Å². The predicted molar refractivity (Wildman–Crippen MR) is 148 cm³/mol. The van der Waals surface area contributed by atoms with E-state index in [0.29, 0.717) is 0 Å². The molecule has 5 heteroatoms. The van der Waals surface area contributed by atoms with Crippen molar-refractivity contribution in [2.75, 3.05) is 18.3 Å². The topological polar surface area (TPSA) is 37.4 Å². The van der Waals surface area contributed by atoms with Gasteiger partial charge in [0.25, 0.3) is 5.91 Å². The number of carbonyl (C=O) groups excluding carboxylic acids is 2. The second-order valence-corrected chi connectivity index (χ2v) is 7.38. The molecule has 0 saturated carbocycles. The molecular formula is C28H34ClNO2S. The molecule has 0 atom stereocenters. The van der Waals surface area contributed by atoms with Gasteiger partial charge >= 0.3 is 0 Å². The van der Waals surface area contributed by atoms with E-state index in [2.05, 4.69) is 48.0 Å². The summed E-state index contributed by atoms with van der Waals surface area (Å²) in [5, 5.41) is 1.16. The third-order valence-corrected chi connectivity index (χ3v) is 5.97. The minimum Gasteiger partial charge on any atom is -0.311 e. The summed E-state index contributed by atoms with van der Waals surface area (Å²) in [6, 6.07) is 26.6. The average molecular weight is 484 g/mol. The van der Waals surface area contributed by atoms with Crippen LogP contribution in [0.2, 0.25) is 0 Å². The van der Waals surface area contributed by atoms with Crippen molar-refractivity contribution in [3.63, 3.8) is 0 Å². The fourth-order valence-electron chi connectivity index (χ4n) is 3.16. The molecule has 0 aliphatic rings. The molecule has 0 bridgehead atoms. The van der Waals surface area contributed by atoms with Crippen LogP contribution in [0.3, 0.4) is 0 Å². The Hall–Kier alpha value is -2.95. The van der Waals surface area contributed by atoms with Gasteiger partial charge in [0.05, 0.1) is 4.88 Å². The second-order valence-electron chi connectivity index (χ2n) is 6.33. The van der Waals surface area contributed by atoms with Gasteiger partial charge in [0.1, 0.15) is 6.79 Å². The lowest BCUT2D eigenvalue weighted by atomic mass is 10.1. The SMILES string of the molecule is C.C=O.CC.CCl.Cc1c(C(=O)N(C)c2ccc(-c3ccccc3)cc2)sc2ccccc12. The highest BCUT2D eigenvalue weighted by Gasteiger charge is 2.19. The second kappa shape index (κ2) is 15.8. The zero-order valence-electron chi connectivity index (χ0n) is 19.3. The Labute approximate surface area is 207 Å². The fraction of sp³-hybridized carbons (Fsp3) is 0.214. The third-order valence-electron chi connectivity index (χ3n) is 4.70. The first-order valence-electron chi connectivity index (χ1n) is 10.2. The smallest absolute Gasteiger partial charge is 0.268 e. The first kappa shape index (κ1) is 30.0. The lowest BCUT2D eigenvalue weighted by Crippen LogP contribution is -2.25.